The van der Waals surface area contributed by atoms with Crippen molar-refractivity contribution in [2.24, 2.45) is 0 Å². The van der Waals surface area contributed by atoms with Crippen LogP contribution in [0.2, 0.25) is 10.0 Å². The van der Waals surface area contributed by atoms with Crippen LogP contribution < -0.4 is 10.9 Å². The van der Waals surface area contributed by atoms with Crippen molar-refractivity contribution >= 4 is 40.3 Å². The molecule has 3 aromatic rings. The molecule has 0 spiro atoms. The summed E-state index contributed by atoms with van der Waals surface area (Å²) in [5.41, 5.74) is 1.63. The maximum absolute atomic E-state index is 12.6. The molecule has 0 atom stereocenters. The first kappa shape index (κ1) is 20.2. The Morgan fingerprint density at radius 2 is 2.00 bits per heavy atom. The first-order valence-electron chi connectivity index (χ1n) is 9.53. The number of aromatic amines is 1. The normalized spacial score (nSPS) is 15.1. The third-order valence-corrected chi connectivity index (χ3v) is 5.64. The van der Waals surface area contributed by atoms with Crippen LogP contribution in [0.5, 0.6) is 0 Å². The number of halogens is 2. The van der Waals surface area contributed by atoms with Gasteiger partial charge in [-0.3, -0.25) is 14.7 Å². The second kappa shape index (κ2) is 9.13. The molecule has 10 heteroatoms. The molecule has 0 unspecified atom stereocenters. The van der Waals surface area contributed by atoms with E-state index in [0.717, 1.165) is 44.8 Å². The summed E-state index contributed by atoms with van der Waals surface area (Å²) in [4.78, 5) is 26.5. The standard InChI is InChI=1S/C19H22Cl2N6O2/c20-14-3-2-13(10-15(14)21)11-22-19-24-17-16(18(28)25-19)27(12-23-17)5-1-4-26-6-8-29-9-7-26/h2-3,10,12H,1,4-9,11H2,(H2,22,24,25,28). The van der Waals surface area contributed by atoms with Crippen LogP contribution in [0.25, 0.3) is 11.2 Å². The summed E-state index contributed by atoms with van der Waals surface area (Å²) in [7, 11) is 0. The molecule has 1 fully saturated rings. The Hall–Kier alpha value is -2.13. The number of nitrogens with zero attached hydrogens (tertiary/aromatic N) is 4. The van der Waals surface area contributed by atoms with Gasteiger partial charge in [0, 0.05) is 32.7 Å². The molecule has 2 N–H and O–H groups in total. The van der Waals surface area contributed by atoms with Gasteiger partial charge in [0.05, 0.1) is 29.6 Å². The van der Waals surface area contributed by atoms with Crippen molar-refractivity contribution < 1.29 is 4.74 Å². The summed E-state index contributed by atoms with van der Waals surface area (Å²) in [5.74, 6) is 0.368. The van der Waals surface area contributed by atoms with E-state index in [9.17, 15) is 4.79 Å². The quantitative estimate of drug-likeness (QED) is 0.591. The number of anilines is 1. The highest BCUT2D eigenvalue weighted by atomic mass is 35.5. The van der Waals surface area contributed by atoms with E-state index in [1.54, 1.807) is 18.5 Å². The predicted octanol–water partition coefficient (Wildman–Crippen LogP) is 2.76. The highest BCUT2D eigenvalue weighted by Crippen LogP contribution is 2.22. The van der Waals surface area contributed by atoms with E-state index in [2.05, 4.69) is 25.2 Å². The predicted molar refractivity (Wildman–Crippen MR) is 114 cm³/mol. The number of morpholine rings is 1. The number of H-pyrrole nitrogens is 1. The summed E-state index contributed by atoms with van der Waals surface area (Å²) in [6, 6.07) is 5.37. The van der Waals surface area contributed by atoms with Crippen LogP contribution >= 0.6 is 23.2 Å². The number of rotatable bonds is 7. The lowest BCUT2D eigenvalue weighted by Gasteiger charge is -2.26. The highest BCUT2D eigenvalue weighted by molar-refractivity contribution is 6.42. The number of nitrogens with one attached hydrogen (secondary N) is 2. The molecule has 0 radical (unpaired) electrons. The monoisotopic (exact) mass is 436 g/mol. The van der Waals surface area contributed by atoms with E-state index in [0.29, 0.717) is 40.2 Å². The molecular formula is C19H22Cl2N6O2. The molecule has 8 nitrogen and oxygen atoms in total. The van der Waals surface area contributed by atoms with Crippen molar-refractivity contribution in [2.75, 3.05) is 38.2 Å². The van der Waals surface area contributed by atoms with Crippen LogP contribution in [-0.4, -0.2) is 57.3 Å². The SMILES string of the molecule is O=c1[nH]c(NCc2ccc(Cl)c(Cl)c2)nc2ncn(CCCN3CCOCC3)c12. The summed E-state index contributed by atoms with van der Waals surface area (Å²) in [5, 5.41) is 4.09. The molecular weight excluding hydrogens is 415 g/mol. The zero-order chi connectivity index (χ0) is 20.2. The van der Waals surface area contributed by atoms with Gasteiger partial charge in [-0.15, -0.1) is 0 Å². The molecule has 1 saturated heterocycles. The number of aromatic nitrogens is 4. The average Bonchev–Trinajstić information content (AvgIpc) is 3.13. The third-order valence-electron chi connectivity index (χ3n) is 4.90. The van der Waals surface area contributed by atoms with Crippen molar-refractivity contribution in [3.8, 4) is 0 Å². The number of ether oxygens (including phenoxy) is 1. The molecule has 0 bridgehead atoms. The van der Waals surface area contributed by atoms with Gasteiger partial charge in [-0.05, 0) is 24.1 Å². The molecule has 1 aromatic carbocycles. The Morgan fingerprint density at radius 3 is 2.79 bits per heavy atom. The number of aryl methyl sites for hydroxylation is 1. The molecule has 1 aliphatic rings. The van der Waals surface area contributed by atoms with Gasteiger partial charge in [0.25, 0.3) is 5.56 Å². The minimum absolute atomic E-state index is 0.212. The lowest BCUT2D eigenvalue weighted by molar-refractivity contribution is 0.0369. The third kappa shape index (κ3) is 4.90. The Labute approximate surface area is 177 Å². The molecule has 154 valence electrons. The first-order valence-corrected chi connectivity index (χ1v) is 10.3. The zero-order valence-corrected chi connectivity index (χ0v) is 17.3. The number of imidazole rings is 1. The lowest BCUT2D eigenvalue weighted by atomic mass is 10.2. The number of hydrogen-bond acceptors (Lipinski definition) is 6. The van der Waals surface area contributed by atoms with Gasteiger partial charge in [0.2, 0.25) is 5.95 Å². The topological polar surface area (TPSA) is 88.1 Å². The number of fused-ring (bicyclic) bond motifs is 1. The first-order chi connectivity index (χ1) is 14.1. The van der Waals surface area contributed by atoms with Gasteiger partial charge >= 0.3 is 0 Å². The van der Waals surface area contributed by atoms with E-state index in [-0.39, 0.29) is 5.56 Å². The van der Waals surface area contributed by atoms with E-state index in [1.165, 1.54) is 0 Å². The van der Waals surface area contributed by atoms with Gasteiger partial charge in [-0.1, -0.05) is 29.3 Å². The summed E-state index contributed by atoms with van der Waals surface area (Å²) < 4.78 is 7.23. The maximum Gasteiger partial charge on any atom is 0.278 e. The fraction of sp³-hybridized carbons (Fsp3) is 0.421. The summed E-state index contributed by atoms with van der Waals surface area (Å²) in [6.45, 7) is 5.63. The molecule has 0 amide bonds. The van der Waals surface area contributed by atoms with Crippen LogP contribution in [0.4, 0.5) is 5.95 Å². The van der Waals surface area contributed by atoms with E-state index in [1.807, 2.05) is 10.6 Å². The van der Waals surface area contributed by atoms with Crippen molar-refractivity contribution in [3.63, 3.8) is 0 Å². The molecule has 1 aliphatic heterocycles. The van der Waals surface area contributed by atoms with Gasteiger partial charge in [0.1, 0.15) is 0 Å². The molecule has 29 heavy (non-hydrogen) atoms. The Balaban J connectivity index is 1.41. The molecule has 0 aliphatic carbocycles. The zero-order valence-electron chi connectivity index (χ0n) is 15.8. The lowest BCUT2D eigenvalue weighted by Crippen LogP contribution is -2.37. The fourth-order valence-corrected chi connectivity index (χ4v) is 3.68. The van der Waals surface area contributed by atoms with Crippen LogP contribution in [0, 0.1) is 0 Å². The molecule has 4 rings (SSSR count). The largest absolute Gasteiger partial charge is 0.379 e. The minimum atomic E-state index is -0.212. The minimum Gasteiger partial charge on any atom is -0.379 e. The van der Waals surface area contributed by atoms with E-state index >= 15 is 0 Å². The Morgan fingerprint density at radius 1 is 1.17 bits per heavy atom. The fourth-order valence-electron chi connectivity index (χ4n) is 3.36. The van der Waals surface area contributed by atoms with Crippen LogP contribution in [-0.2, 0) is 17.8 Å². The van der Waals surface area contributed by atoms with Crippen LogP contribution in [0.3, 0.4) is 0 Å². The molecule has 3 heterocycles. The van der Waals surface area contributed by atoms with Gasteiger partial charge in [0.15, 0.2) is 11.2 Å². The number of hydrogen-bond donors (Lipinski definition) is 2. The molecule has 0 saturated carbocycles. The second-order valence-electron chi connectivity index (χ2n) is 6.93. The Bertz CT molecular complexity index is 1040. The van der Waals surface area contributed by atoms with Gasteiger partial charge < -0.3 is 14.6 Å². The highest BCUT2D eigenvalue weighted by Gasteiger charge is 2.13. The molecule has 2 aromatic heterocycles. The van der Waals surface area contributed by atoms with E-state index in [4.69, 9.17) is 27.9 Å². The Kier molecular flexibility index (Phi) is 6.34. The second-order valence-corrected chi connectivity index (χ2v) is 7.75. The van der Waals surface area contributed by atoms with Crippen molar-refractivity contribution in [3.05, 3.63) is 50.5 Å². The average molecular weight is 437 g/mol. The van der Waals surface area contributed by atoms with Crippen LogP contribution in [0.1, 0.15) is 12.0 Å². The number of benzene rings is 1. The van der Waals surface area contributed by atoms with Crippen molar-refractivity contribution in [2.45, 2.75) is 19.5 Å². The van der Waals surface area contributed by atoms with E-state index < -0.39 is 0 Å². The maximum atomic E-state index is 12.6. The smallest absolute Gasteiger partial charge is 0.278 e. The van der Waals surface area contributed by atoms with Crippen molar-refractivity contribution in [1.82, 2.24) is 24.4 Å². The van der Waals surface area contributed by atoms with Crippen LogP contribution in [0.15, 0.2) is 29.3 Å². The van der Waals surface area contributed by atoms with Gasteiger partial charge in [-0.2, -0.15) is 4.98 Å². The summed E-state index contributed by atoms with van der Waals surface area (Å²) in [6.07, 6.45) is 2.61. The van der Waals surface area contributed by atoms with Crippen molar-refractivity contribution in [1.29, 1.82) is 0 Å². The summed E-state index contributed by atoms with van der Waals surface area (Å²) >= 11 is 12.0. The van der Waals surface area contributed by atoms with Gasteiger partial charge in [-0.25, -0.2) is 4.98 Å².